The summed E-state index contributed by atoms with van der Waals surface area (Å²) in [7, 11) is 3.29. The van der Waals surface area contributed by atoms with Crippen LogP contribution in [0.15, 0.2) is 30.6 Å². The van der Waals surface area contributed by atoms with Gasteiger partial charge in [-0.1, -0.05) is 0 Å². The highest BCUT2D eigenvalue weighted by Gasteiger charge is 2.52. The number of imidazole rings is 1. The molecule has 1 aromatic carbocycles. The van der Waals surface area contributed by atoms with Crippen LogP contribution in [0.25, 0.3) is 0 Å². The molecule has 8 nitrogen and oxygen atoms in total. The third-order valence-corrected chi connectivity index (χ3v) is 7.06. The first-order valence-corrected chi connectivity index (χ1v) is 10.9. The van der Waals surface area contributed by atoms with Crippen LogP contribution in [0.4, 0.5) is 18.9 Å². The molecule has 1 spiro atoms. The number of nitriles is 1. The summed E-state index contributed by atoms with van der Waals surface area (Å²) in [6.45, 7) is 1.51. The topological polar surface area (TPSA) is 94.3 Å². The number of piperidine rings is 1. The van der Waals surface area contributed by atoms with Crippen LogP contribution in [-0.4, -0.2) is 59.5 Å². The number of rotatable bonds is 3. The highest BCUT2D eigenvalue weighted by Crippen LogP contribution is 2.46. The summed E-state index contributed by atoms with van der Waals surface area (Å²) in [6, 6.07) is 5.33. The number of benzene rings is 1. The Morgan fingerprint density at radius 3 is 2.53 bits per heavy atom. The van der Waals surface area contributed by atoms with Gasteiger partial charge in [0.2, 0.25) is 5.91 Å². The standard InChI is InChI=1S/C23H25F3N6O2/c1-28-20(33)18-13-32(21(34)19-29-7-10-30(19)2)14-22(18)5-8-31(9-6-22)16-4-3-15(12-27)17(11-16)23(24,25)26/h3-4,7,10-11,18H,5-6,8-9,13-14H2,1-2H3,(H,28,33). The zero-order valence-electron chi connectivity index (χ0n) is 18.9. The number of nitrogens with zero attached hydrogens (tertiary/aromatic N) is 5. The van der Waals surface area contributed by atoms with E-state index in [9.17, 15) is 22.8 Å². The minimum atomic E-state index is -4.63. The molecule has 180 valence electrons. The van der Waals surface area contributed by atoms with Crippen molar-refractivity contribution in [2.45, 2.75) is 19.0 Å². The van der Waals surface area contributed by atoms with Crippen molar-refractivity contribution >= 4 is 17.5 Å². The lowest BCUT2D eigenvalue weighted by molar-refractivity contribution is -0.137. The number of aromatic nitrogens is 2. The Morgan fingerprint density at radius 2 is 1.97 bits per heavy atom. The number of carbonyl (C=O) groups excluding carboxylic acids is 2. The molecule has 2 aromatic rings. The summed E-state index contributed by atoms with van der Waals surface area (Å²) in [5.41, 5.74) is -1.46. The normalized spacial score (nSPS) is 19.8. The smallest absolute Gasteiger partial charge is 0.371 e. The van der Waals surface area contributed by atoms with Gasteiger partial charge in [0, 0.05) is 63.8 Å². The first-order chi connectivity index (χ1) is 16.1. The molecule has 0 radical (unpaired) electrons. The number of aryl methyl sites for hydroxylation is 1. The summed E-state index contributed by atoms with van der Waals surface area (Å²) in [6.07, 6.45) is -0.325. The van der Waals surface area contributed by atoms with Gasteiger partial charge in [0.25, 0.3) is 5.91 Å². The fraction of sp³-hybridized carbons (Fsp3) is 0.478. The van der Waals surface area contributed by atoms with E-state index in [0.29, 0.717) is 44.0 Å². The monoisotopic (exact) mass is 474 g/mol. The second kappa shape index (κ2) is 8.66. The number of amides is 2. The lowest BCUT2D eigenvalue weighted by Gasteiger charge is -2.42. The molecule has 11 heteroatoms. The van der Waals surface area contributed by atoms with Crippen molar-refractivity contribution in [3.8, 4) is 6.07 Å². The molecule has 2 fully saturated rings. The van der Waals surface area contributed by atoms with Crippen molar-refractivity contribution in [1.82, 2.24) is 19.8 Å². The van der Waals surface area contributed by atoms with Crippen LogP contribution in [0.5, 0.6) is 0 Å². The van der Waals surface area contributed by atoms with Crippen molar-refractivity contribution in [3.63, 3.8) is 0 Å². The van der Waals surface area contributed by atoms with Gasteiger partial charge in [0.1, 0.15) is 0 Å². The molecule has 1 unspecified atom stereocenters. The van der Waals surface area contributed by atoms with Crippen LogP contribution < -0.4 is 10.2 Å². The third-order valence-electron chi connectivity index (χ3n) is 7.06. The Morgan fingerprint density at radius 1 is 1.26 bits per heavy atom. The molecule has 2 amide bonds. The van der Waals surface area contributed by atoms with E-state index in [1.54, 1.807) is 42.0 Å². The van der Waals surface area contributed by atoms with Gasteiger partial charge in [0.05, 0.1) is 23.1 Å². The average molecular weight is 474 g/mol. The zero-order chi connectivity index (χ0) is 24.7. The Hall–Kier alpha value is -3.55. The van der Waals surface area contributed by atoms with Crippen LogP contribution in [0.1, 0.15) is 34.6 Å². The molecular formula is C23H25F3N6O2. The molecule has 0 aliphatic carbocycles. The van der Waals surface area contributed by atoms with E-state index in [2.05, 4.69) is 10.3 Å². The quantitative estimate of drug-likeness (QED) is 0.738. The number of halogens is 3. The molecule has 0 bridgehead atoms. The van der Waals surface area contributed by atoms with Crippen LogP contribution >= 0.6 is 0 Å². The molecule has 0 saturated carbocycles. The molecule has 2 saturated heterocycles. The van der Waals surface area contributed by atoms with Crippen molar-refractivity contribution in [2.75, 3.05) is 38.1 Å². The molecule has 3 heterocycles. The number of hydrogen-bond acceptors (Lipinski definition) is 5. The van der Waals surface area contributed by atoms with Gasteiger partial charge in [-0.15, -0.1) is 0 Å². The second-order valence-corrected chi connectivity index (χ2v) is 8.90. The predicted molar refractivity (Wildman–Crippen MR) is 117 cm³/mol. The molecule has 1 N–H and O–H groups in total. The highest BCUT2D eigenvalue weighted by atomic mass is 19.4. The minimum absolute atomic E-state index is 0.152. The lowest BCUT2D eigenvalue weighted by atomic mass is 9.70. The third kappa shape index (κ3) is 4.08. The van der Waals surface area contributed by atoms with E-state index < -0.39 is 28.6 Å². The molecule has 2 aliphatic heterocycles. The largest absolute Gasteiger partial charge is 0.417 e. The first-order valence-electron chi connectivity index (χ1n) is 10.9. The fourth-order valence-corrected chi connectivity index (χ4v) is 5.15. The second-order valence-electron chi connectivity index (χ2n) is 8.90. The summed E-state index contributed by atoms with van der Waals surface area (Å²) in [5, 5.41) is 11.7. The molecule has 1 atom stereocenters. The number of anilines is 1. The van der Waals surface area contributed by atoms with Crippen LogP contribution in [0, 0.1) is 22.7 Å². The lowest BCUT2D eigenvalue weighted by Crippen LogP contribution is -2.48. The van der Waals surface area contributed by atoms with E-state index in [-0.39, 0.29) is 18.4 Å². The maximum atomic E-state index is 13.4. The minimum Gasteiger partial charge on any atom is -0.371 e. The number of nitrogens with one attached hydrogen (secondary N) is 1. The number of likely N-dealkylation sites (tertiary alicyclic amines) is 1. The highest BCUT2D eigenvalue weighted by molar-refractivity contribution is 5.92. The van der Waals surface area contributed by atoms with Crippen LogP contribution in [0.3, 0.4) is 0 Å². The summed E-state index contributed by atoms with van der Waals surface area (Å²) in [5.74, 6) is -0.526. The molecule has 4 rings (SSSR count). The molecular weight excluding hydrogens is 449 g/mol. The van der Waals surface area contributed by atoms with Gasteiger partial charge in [-0.05, 0) is 31.0 Å². The Labute approximate surface area is 195 Å². The van der Waals surface area contributed by atoms with Gasteiger partial charge in [-0.25, -0.2) is 4.98 Å². The summed E-state index contributed by atoms with van der Waals surface area (Å²) < 4.78 is 41.9. The molecule has 34 heavy (non-hydrogen) atoms. The SMILES string of the molecule is CNC(=O)C1CN(C(=O)c2nccn2C)CC12CCN(c1ccc(C#N)c(C(F)(F)F)c1)CC2. The zero-order valence-corrected chi connectivity index (χ0v) is 18.9. The van der Waals surface area contributed by atoms with Gasteiger partial charge in [-0.3, -0.25) is 9.59 Å². The van der Waals surface area contributed by atoms with Crippen molar-refractivity contribution in [3.05, 3.63) is 47.5 Å². The maximum Gasteiger partial charge on any atom is 0.417 e. The Bertz CT molecular complexity index is 1140. The van der Waals surface area contributed by atoms with Gasteiger partial charge in [-0.2, -0.15) is 18.4 Å². The van der Waals surface area contributed by atoms with E-state index in [4.69, 9.17) is 5.26 Å². The predicted octanol–water partition coefficient (Wildman–Crippen LogP) is 2.42. The van der Waals surface area contributed by atoms with E-state index in [1.165, 1.54) is 12.1 Å². The number of hydrogen-bond donors (Lipinski definition) is 1. The summed E-state index contributed by atoms with van der Waals surface area (Å²) >= 11 is 0. The summed E-state index contributed by atoms with van der Waals surface area (Å²) in [4.78, 5) is 33.4. The van der Waals surface area contributed by atoms with Crippen molar-refractivity contribution in [1.29, 1.82) is 5.26 Å². The van der Waals surface area contributed by atoms with Gasteiger partial charge >= 0.3 is 6.18 Å². The Balaban J connectivity index is 1.56. The number of alkyl halides is 3. The van der Waals surface area contributed by atoms with E-state index >= 15 is 0 Å². The van der Waals surface area contributed by atoms with Crippen LogP contribution in [0.2, 0.25) is 0 Å². The first kappa shape index (κ1) is 23.6. The average Bonchev–Trinajstić information content (AvgIpc) is 3.41. The fourth-order valence-electron chi connectivity index (χ4n) is 5.15. The van der Waals surface area contributed by atoms with Gasteiger partial charge in [0.15, 0.2) is 5.82 Å². The van der Waals surface area contributed by atoms with Gasteiger partial charge < -0.3 is 19.7 Å². The Kier molecular flexibility index (Phi) is 6.02. The van der Waals surface area contributed by atoms with Crippen molar-refractivity contribution in [2.24, 2.45) is 18.4 Å². The molecule has 2 aliphatic rings. The number of carbonyl (C=O) groups is 2. The molecule has 1 aromatic heterocycles. The van der Waals surface area contributed by atoms with E-state index in [0.717, 1.165) is 6.07 Å². The maximum absolute atomic E-state index is 13.4. The van der Waals surface area contributed by atoms with E-state index in [1.807, 2.05) is 4.90 Å². The van der Waals surface area contributed by atoms with Crippen LogP contribution in [-0.2, 0) is 18.0 Å². The van der Waals surface area contributed by atoms with Crippen molar-refractivity contribution < 1.29 is 22.8 Å².